The molecular formula is C19H22N2O3. The number of carbonyl (C=O) groups excluding carboxylic acids is 1. The fourth-order valence-corrected chi connectivity index (χ4v) is 2.09. The molecule has 0 saturated carbocycles. The summed E-state index contributed by atoms with van der Waals surface area (Å²) in [7, 11) is 1.61. The van der Waals surface area contributed by atoms with Crippen molar-refractivity contribution in [2.75, 3.05) is 7.11 Å². The van der Waals surface area contributed by atoms with Crippen molar-refractivity contribution in [2.45, 2.75) is 26.4 Å². The molecule has 0 saturated heterocycles. The molecule has 2 aromatic carbocycles. The highest BCUT2D eigenvalue weighted by Gasteiger charge is 2.04. The Bertz CT molecular complexity index is 694. The van der Waals surface area contributed by atoms with Gasteiger partial charge in [0.1, 0.15) is 11.5 Å². The Morgan fingerprint density at radius 2 is 1.88 bits per heavy atom. The van der Waals surface area contributed by atoms with E-state index in [1.807, 2.05) is 62.4 Å². The number of nitrogens with zero attached hydrogens (tertiary/aromatic N) is 1. The van der Waals surface area contributed by atoms with Gasteiger partial charge in [-0.15, -0.1) is 0 Å². The Morgan fingerprint density at radius 1 is 1.17 bits per heavy atom. The lowest BCUT2D eigenvalue weighted by molar-refractivity contribution is -0.120. The van der Waals surface area contributed by atoms with E-state index in [1.165, 1.54) is 0 Å². The summed E-state index contributed by atoms with van der Waals surface area (Å²) in [6, 6.07) is 14.9. The second-order valence-electron chi connectivity index (χ2n) is 5.52. The monoisotopic (exact) mass is 326 g/mol. The summed E-state index contributed by atoms with van der Waals surface area (Å²) in [6.45, 7) is 3.93. The summed E-state index contributed by atoms with van der Waals surface area (Å²) < 4.78 is 10.8. The van der Waals surface area contributed by atoms with Crippen molar-refractivity contribution in [3.8, 4) is 11.5 Å². The van der Waals surface area contributed by atoms with Crippen molar-refractivity contribution in [1.29, 1.82) is 0 Å². The molecule has 1 N–H and O–H groups in total. The summed E-state index contributed by atoms with van der Waals surface area (Å²) in [6.07, 6.45) is 1.92. The van der Waals surface area contributed by atoms with Crippen LogP contribution in [-0.4, -0.2) is 25.3 Å². The molecule has 0 aliphatic rings. The quantitative estimate of drug-likeness (QED) is 0.628. The van der Waals surface area contributed by atoms with Crippen molar-refractivity contribution >= 4 is 12.1 Å². The lowest BCUT2D eigenvalue weighted by Crippen LogP contribution is -2.19. The fraction of sp³-hybridized carbons (Fsp3) is 0.263. The lowest BCUT2D eigenvalue weighted by atomic mass is 10.1. The SMILES string of the molecule is COc1ccc(CC(=O)N/N=C/c2ccccc2OC(C)C)cc1. The molecule has 0 spiro atoms. The van der Waals surface area contributed by atoms with Gasteiger partial charge in [-0.2, -0.15) is 5.10 Å². The van der Waals surface area contributed by atoms with Gasteiger partial charge in [-0.25, -0.2) is 5.43 Å². The topological polar surface area (TPSA) is 59.9 Å². The molecule has 0 aliphatic carbocycles. The second kappa shape index (κ2) is 8.72. The third kappa shape index (κ3) is 5.43. The van der Waals surface area contributed by atoms with E-state index < -0.39 is 0 Å². The highest BCUT2D eigenvalue weighted by Crippen LogP contribution is 2.17. The third-order valence-electron chi connectivity index (χ3n) is 3.20. The molecule has 5 heteroatoms. The van der Waals surface area contributed by atoms with Gasteiger partial charge in [0.2, 0.25) is 5.91 Å². The molecule has 0 bridgehead atoms. The van der Waals surface area contributed by atoms with Crippen LogP contribution in [0.25, 0.3) is 0 Å². The van der Waals surface area contributed by atoms with E-state index in [0.717, 1.165) is 22.6 Å². The molecule has 24 heavy (non-hydrogen) atoms. The number of methoxy groups -OCH3 is 1. The highest BCUT2D eigenvalue weighted by molar-refractivity contribution is 5.85. The second-order valence-corrected chi connectivity index (χ2v) is 5.52. The van der Waals surface area contributed by atoms with Crippen molar-refractivity contribution in [2.24, 2.45) is 5.10 Å². The van der Waals surface area contributed by atoms with Crippen molar-refractivity contribution < 1.29 is 14.3 Å². The first-order chi connectivity index (χ1) is 11.6. The van der Waals surface area contributed by atoms with Crippen LogP contribution in [0.3, 0.4) is 0 Å². The number of para-hydroxylation sites is 1. The predicted octanol–water partition coefficient (Wildman–Crippen LogP) is 3.18. The van der Waals surface area contributed by atoms with Crippen LogP contribution in [0, 0.1) is 0 Å². The van der Waals surface area contributed by atoms with Crippen LogP contribution in [0.4, 0.5) is 0 Å². The Kier molecular flexibility index (Phi) is 6.37. The van der Waals surface area contributed by atoms with Crippen molar-refractivity contribution in [3.05, 3.63) is 59.7 Å². The van der Waals surface area contributed by atoms with Gasteiger partial charge in [0.05, 0.1) is 25.8 Å². The molecule has 0 radical (unpaired) electrons. The fourth-order valence-electron chi connectivity index (χ4n) is 2.09. The molecule has 0 aromatic heterocycles. The molecular weight excluding hydrogens is 304 g/mol. The van der Waals surface area contributed by atoms with Crippen LogP contribution >= 0.6 is 0 Å². The first kappa shape index (κ1) is 17.5. The van der Waals surface area contributed by atoms with E-state index in [1.54, 1.807) is 13.3 Å². The van der Waals surface area contributed by atoms with E-state index in [0.29, 0.717) is 0 Å². The minimum atomic E-state index is -0.182. The summed E-state index contributed by atoms with van der Waals surface area (Å²) in [5.74, 6) is 1.32. The van der Waals surface area contributed by atoms with Gasteiger partial charge < -0.3 is 9.47 Å². The maximum absolute atomic E-state index is 11.9. The number of hydrogen-bond acceptors (Lipinski definition) is 4. The number of carbonyl (C=O) groups is 1. The van der Waals surface area contributed by atoms with Crippen LogP contribution < -0.4 is 14.9 Å². The van der Waals surface area contributed by atoms with Crippen LogP contribution in [-0.2, 0) is 11.2 Å². The van der Waals surface area contributed by atoms with Gasteiger partial charge in [-0.05, 0) is 43.7 Å². The van der Waals surface area contributed by atoms with E-state index in [4.69, 9.17) is 9.47 Å². The smallest absolute Gasteiger partial charge is 0.244 e. The molecule has 2 aromatic rings. The minimum Gasteiger partial charge on any atom is -0.497 e. The molecule has 0 unspecified atom stereocenters. The summed E-state index contributed by atoms with van der Waals surface area (Å²) in [5, 5.41) is 4.01. The number of hydrogen-bond donors (Lipinski definition) is 1. The average Bonchev–Trinajstić information content (AvgIpc) is 2.56. The molecule has 0 heterocycles. The van der Waals surface area contributed by atoms with Gasteiger partial charge >= 0.3 is 0 Å². The summed E-state index contributed by atoms with van der Waals surface area (Å²) in [4.78, 5) is 11.9. The van der Waals surface area contributed by atoms with Crippen molar-refractivity contribution in [3.63, 3.8) is 0 Å². The zero-order valence-corrected chi connectivity index (χ0v) is 14.2. The molecule has 5 nitrogen and oxygen atoms in total. The van der Waals surface area contributed by atoms with E-state index in [-0.39, 0.29) is 18.4 Å². The molecule has 1 amide bonds. The van der Waals surface area contributed by atoms with Gasteiger partial charge in [0, 0.05) is 5.56 Å². The molecule has 0 aliphatic heterocycles. The first-order valence-electron chi connectivity index (χ1n) is 7.79. The number of hydrazone groups is 1. The summed E-state index contributed by atoms with van der Waals surface area (Å²) >= 11 is 0. The lowest BCUT2D eigenvalue weighted by Gasteiger charge is -2.11. The maximum atomic E-state index is 11.9. The highest BCUT2D eigenvalue weighted by atomic mass is 16.5. The largest absolute Gasteiger partial charge is 0.497 e. The zero-order valence-electron chi connectivity index (χ0n) is 14.2. The number of nitrogens with one attached hydrogen (secondary N) is 1. The van der Waals surface area contributed by atoms with Gasteiger partial charge in [-0.3, -0.25) is 4.79 Å². The summed E-state index contributed by atoms with van der Waals surface area (Å²) in [5.41, 5.74) is 4.24. The number of rotatable bonds is 7. The Morgan fingerprint density at radius 3 is 2.54 bits per heavy atom. The Hall–Kier alpha value is -2.82. The van der Waals surface area contributed by atoms with Gasteiger partial charge in [-0.1, -0.05) is 24.3 Å². The first-order valence-corrected chi connectivity index (χ1v) is 7.79. The van der Waals surface area contributed by atoms with E-state index in [2.05, 4.69) is 10.5 Å². The predicted molar refractivity (Wildman–Crippen MR) is 94.6 cm³/mol. The van der Waals surface area contributed by atoms with Gasteiger partial charge in [0.25, 0.3) is 0 Å². The number of amides is 1. The van der Waals surface area contributed by atoms with Crippen LogP contribution in [0.2, 0.25) is 0 Å². The molecule has 0 atom stereocenters. The normalized spacial score (nSPS) is 10.8. The third-order valence-corrected chi connectivity index (χ3v) is 3.20. The van der Waals surface area contributed by atoms with Gasteiger partial charge in [0.15, 0.2) is 0 Å². The molecule has 2 rings (SSSR count). The Balaban J connectivity index is 1.92. The van der Waals surface area contributed by atoms with Crippen molar-refractivity contribution in [1.82, 2.24) is 5.43 Å². The number of benzene rings is 2. The molecule has 126 valence electrons. The molecule has 0 fully saturated rings. The van der Waals surface area contributed by atoms with Crippen LogP contribution in [0.5, 0.6) is 11.5 Å². The Labute approximate surface area is 142 Å². The minimum absolute atomic E-state index is 0.0733. The number of ether oxygens (including phenoxy) is 2. The standard InChI is InChI=1S/C19H22N2O3/c1-14(2)24-18-7-5-4-6-16(18)13-20-21-19(22)12-15-8-10-17(23-3)11-9-15/h4-11,13-14H,12H2,1-3H3,(H,21,22)/b20-13+. The van der Waals surface area contributed by atoms with Crippen LogP contribution in [0.1, 0.15) is 25.0 Å². The zero-order chi connectivity index (χ0) is 17.4. The van der Waals surface area contributed by atoms with E-state index in [9.17, 15) is 4.79 Å². The van der Waals surface area contributed by atoms with E-state index >= 15 is 0 Å². The average molecular weight is 326 g/mol. The van der Waals surface area contributed by atoms with Crippen LogP contribution in [0.15, 0.2) is 53.6 Å². The maximum Gasteiger partial charge on any atom is 0.244 e.